The second-order valence-corrected chi connectivity index (χ2v) is 4.52. The van der Waals surface area contributed by atoms with Gasteiger partial charge in [0, 0.05) is 31.1 Å². The maximum Gasteiger partial charge on any atom is 0.251 e. The van der Waals surface area contributed by atoms with Gasteiger partial charge in [0.1, 0.15) is 5.75 Å². The Labute approximate surface area is 118 Å². The van der Waals surface area contributed by atoms with Crippen molar-refractivity contribution in [3.05, 3.63) is 29.8 Å². The standard InChI is InChI=1S/C14H21N3O3/c1-10(15)8-13(18)16-6-7-17-14(19)11-4-3-5-12(9-11)20-2/h3-5,9-10H,6-8,15H2,1-2H3,(H,16,18)(H,17,19). The number of rotatable bonds is 7. The van der Waals surface area contributed by atoms with E-state index in [0.29, 0.717) is 24.4 Å². The second-order valence-electron chi connectivity index (χ2n) is 4.52. The monoisotopic (exact) mass is 279 g/mol. The highest BCUT2D eigenvalue weighted by molar-refractivity contribution is 5.94. The van der Waals surface area contributed by atoms with Crippen molar-refractivity contribution in [3.8, 4) is 5.75 Å². The number of carbonyl (C=O) groups excluding carboxylic acids is 2. The van der Waals surface area contributed by atoms with Crippen LogP contribution in [0.4, 0.5) is 0 Å². The van der Waals surface area contributed by atoms with Crippen molar-refractivity contribution in [2.45, 2.75) is 19.4 Å². The summed E-state index contributed by atoms with van der Waals surface area (Å²) in [6.45, 7) is 2.51. The molecular formula is C14H21N3O3. The molecule has 0 fully saturated rings. The second kappa shape index (κ2) is 8.16. The fourth-order valence-electron chi connectivity index (χ4n) is 1.61. The lowest BCUT2D eigenvalue weighted by Gasteiger charge is -2.09. The maximum absolute atomic E-state index is 11.8. The fourth-order valence-corrected chi connectivity index (χ4v) is 1.61. The average molecular weight is 279 g/mol. The van der Waals surface area contributed by atoms with Gasteiger partial charge < -0.3 is 21.1 Å². The van der Waals surface area contributed by atoms with Gasteiger partial charge in [-0.05, 0) is 25.1 Å². The Morgan fingerprint density at radius 2 is 2.00 bits per heavy atom. The van der Waals surface area contributed by atoms with Crippen LogP contribution in [0.15, 0.2) is 24.3 Å². The third kappa shape index (κ3) is 5.71. The molecule has 6 heteroatoms. The van der Waals surface area contributed by atoms with Crippen LogP contribution < -0.4 is 21.1 Å². The molecule has 2 amide bonds. The summed E-state index contributed by atoms with van der Waals surface area (Å²) in [4.78, 5) is 23.2. The van der Waals surface area contributed by atoms with Gasteiger partial charge in [0.15, 0.2) is 0 Å². The molecule has 0 bridgehead atoms. The van der Waals surface area contributed by atoms with Crippen molar-refractivity contribution in [1.82, 2.24) is 10.6 Å². The predicted molar refractivity (Wildman–Crippen MR) is 76.6 cm³/mol. The molecule has 0 aliphatic heterocycles. The van der Waals surface area contributed by atoms with E-state index < -0.39 is 0 Å². The SMILES string of the molecule is COc1cccc(C(=O)NCCNC(=O)CC(C)N)c1. The molecule has 0 aliphatic rings. The zero-order valence-electron chi connectivity index (χ0n) is 11.8. The highest BCUT2D eigenvalue weighted by Crippen LogP contribution is 2.11. The molecule has 0 aromatic heterocycles. The molecule has 1 rings (SSSR count). The Bertz CT molecular complexity index is 461. The Morgan fingerprint density at radius 1 is 1.30 bits per heavy atom. The van der Waals surface area contributed by atoms with Crippen molar-refractivity contribution >= 4 is 11.8 Å². The number of amides is 2. The number of benzene rings is 1. The first kappa shape index (κ1) is 16.0. The van der Waals surface area contributed by atoms with E-state index in [2.05, 4.69) is 10.6 Å². The molecule has 0 spiro atoms. The van der Waals surface area contributed by atoms with Crippen LogP contribution in [0.5, 0.6) is 5.75 Å². The van der Waals surface area contributed by atoms with E-state index in [0.717, 1.165) is 0 Å². The van der Waals surface area contributed by atoms with Crippen LogP contribution in [0.2, 0.25) is 0 Å². The maximum atomic E-state index is 11.8. The van der Waals surface area contributed by atoms with Gasteiger partial charge in [0.2, 0.25) is 5.91 Å². The van der Waals surface area contributed by atoms with Crippen LogP contribution in [0, 0.1) is 0 Å². The molecule has 0 saturated carbocycles. The molecule has 1 aromatic rings. The minimum Gasteiger partial charge on any atom is -0.497 e. The molecular weight excluding hydrogens is 258 g/mol. The molecule has 0 aliphatic carbocycles. The summed E-state index contributed by atoms with van der Waals surface area (Å²) in [5.74, 6) is 0.309. The van der Waals surface area contributed by atoms with Gasteiger partial charge in [0.25, 0.3) is 5.91 Å². The van der Waals surface area contributed by atoms with Crippen LogP contribution in [0.3, 0.4) is 0 Å². The van der Waals surface area contributed by atoms with Gasteiger partial charge in [-0.1, -0.05) is 6.07 Å². The normalized spacial score (nSPS) is 11.6. The van der Waals surface area contributed by atoms with Crippen molar-refractivity contribution in [3.63, 3.8) is 0 Å². The zero-order valence-corrected chi connectivity index (χ0v) is 11.8. The summed E-state index contributed by atoms with van der Waals surface area (Å²) in [5.41, 5.74) is 6.03. The number of nitrogens with one attached hydrogen (secondary N) is 2. The molecule has 0 radical (unpaired) electrons. The first-order valence-corrected chi connectivity index (χ1v) is 6.47. The molecule has 1 aromatic carbocycles. The van der Waals surface area contributed by atoms with Crippen molar-refractivity contribution in [2.75, 3.05) is 20.2 Å². The summed E-state index contributed by atoms with van der Waals surface area (Å²) in [6.07, 6.45) is 0.282. The molecule has 4 N–H and O–H groups in total. The summed E-state index contributed by atoms with van der Waals surface area (Å²) in [5, 5.41) is 5.40. The van der Waals surface area contributed by atoms with Gasteiger partial charge >= 0.3 is 0 Å². The molecule has 110 valence electrons. The predicted octanol–water partition coefficient (Wildman–Crippen LogP) is 0.279. The van der Waals surface area contributed by atoms with Crippen molar-refractivity contribution < 1.29 is 14.3 Å². The smallest absolute Gasteiger partial charge is 0.251 e. The molecule has 1 unspecified atom stereocenters. The first-order chi connectivity index (χ1) is 9.52. The van der Waals surface area contributed by atoms with Crippen molar-refractivity contribution in [2.24, 2.45) is 5.73 Å². The summed E-state index contributed by atoms with van der Waals surface area (Å²) < 4.78 is 5.05. The number of hydrogen-bond acceptors (Lipinski definition) is 4. The first-order valence-electron chi connectivity index (χ1n) is 6.47. The number of ether oxygens (including phenoxy) is 1. The number of methoxy groups -OCH3 is 1. The Morgan fingerprint density at radius 3 is 2.65 bits per heavy atom. The van der Waals surface area contributed by atoms with E-state index in [1.165, 1.54) is 0 Å². The lowest BCUT2D eigenvalue weighted by molar-refractivity contribution is -0.121. The quantitative estimate of drug-likeness (QED) is 0.625. The third-order valence-electron chi connectivity index (χ3n) is 2.57. The van der Waals surface area contributed by atoms with E-state index in [-0.39, 0.29) is 24.3 Å². The van der Waals surface area contributed by atoms with Gasteiger partial charge in [-0.15, -0.1) is 0 Å². The van der Waals surface area contributed by atoms with E-state index in [9.17, 15) is 9.59 Å². The average Bonchev–Trinajstić information content (AvgIpc) is 2.42. The summed E-state index contributed by atoms with van der Waals surface area (Å²) in [7, 11) is 1.55. The minimum atomic E-state index is -0.203. The van der Waals surface area contributed by atoms with Gasteiger partial charge in [0.05, 0.1) is 7.11 Å². The number of nitrogens with two attached hydrogens (primary N) is 1. The molecule has 6 nitrogen and oxygen atoms in total. The molecule has 0 heterocycles. The lowest BCUT2D eigenvalue weighted by Crippen LogP contribution is -2.36. The number of carbonyl (C=O) groups is 2. The zero-order chi connectivity index (χ0) is 15.0. The van der Waals surface area contributed by atoms with E-state index in [4.69, 9.17) is 10.5 Å². The van der Waals surface area contributed by atoms with E-state index >= 15 is 0 Å². The van der Waals surface area contributed by atoms with Crippen molar-refractivity contribution in [1.29, 1.82) is 0 Å². The molecule has 0 saturated heterocycles. The van der Waals surface area contributed by atoms with E-state index in [1.807, 2.05) is 0 Å². The Balaban J connectivity index is 2.31. The van der Waals surface area contributed by atoms with Crippen LogP contribution >= 0.6 is 0 Å². The van der Waals surface area contributed by atoms with Gasteiger partial charge in [-0.25, -0.2) is 0 Å². The lowest BCUT2D eigenvalue weighted by atomic mass is 10.2. The largest absolute Gasteiger partial charge is 0.497 e. The van der Waals surface area contributed by atoms with Gasteiger partial charge in [-0.3, -0.25) is 9.59 Å². The van der Waals surface area contributed by atoms with Crippen LogP contribution in [0.25, 0.3) is 0 Å². The summed E-state index contributed by atoms with van der Waals surface area (Å²) in [6, 6.07) is 6.71. The van der Waals surface area contributed by atoms with Crippen LogP contribution in [-0.2, 0) is 4.79 Å². The van der Waals surface area contributed by atoms with Gasteiger partial charge in [-0.2, -0.15) is 0 Å². The topological polar surface area (TPSA) is 93.5 Å². The summed E-state index contributed by atoms with van der Waals surface area (Å²) >= 11 is 0. The number of hydrogen-bond donors (Lipinski definition) is 3. The Kier molecular flexibility index (Phi) is 6.52. The van der Waals surface area contributed by atoms with E-state index in [1.54, 1.807) is 38.3 Å². The fraction of sp³-hybridized carbons (Fsp3) is 0.429. The minimum absolute atomic E-state index is 0.115. The molecule has 20 heavy (non-hydrogen) atoms. The van der Waals surface area contributed by atoms with Crippen LogP contribution in [0.1, 0.15) is 23.7 Å². The molecule has 1 atom stereocenters. The highest BCUT2D eigenvalue weighted by atomic mass is 16.5. The third-order valence-corrected chi connectivity index (χ3v) is 2.57. The highest BCUT2D eigenvalue weighted by Gasteiger charge is 2.07. The van der Waals surface area contributed by atoms with Crippen LogP contribution in [-0.4, -0.2) is 38.1 Å². The Hall–Kier alpha value is -2.08.